The maximum Gasteiger partial charge on any atom is 0.165 e. The van der Waals surface area contributed by atoms with Crippen molar-refractivity contribution in [1.29, 1.82) is 0 Å². The first kappa shape index (κ1) is 11.2. The standard InChI is InChI=1S/C13H14FN3O/c14-11-2-1-3-12(4-11)18-13-7-16-17(9-13)8-10-5-15-6-10/h1-4,7,9-10,15H,5-6,8H2. The number of aromatic nitrogens is 2. The van der Waals surface area contributed by atoms with E-state index >= 15 is 0 Å². The summed E-state index contributed by atoms with van der Waals surface area (Å²) in [6.07, 6.45) is 3.49. The summed E-state index contributed by atoms with van der Waals surface area (Å²) in [6, 6.07) is 6.08. The highest BCUT2D eigenvalue weighted by Gasteiger charge is 2.17. The smallest absolute Gasteiger partial charge is 0.165 e. The Morgan fingerprint density at radius 3 is 3.00 bits per heavy atom. The first-order chi connectivity index (χ1) is 8.79. The van der Waals surface area contributed by atoms with E-state index in [0.717, 1.165) is 19.6 Å². The summed E-state index contributed by atoms with van der Waals surface area (Å²) in [7, 11) is 0. The van der Waals surface area contributed by atoms with Crippen molar-refractivity contribution in [1.82, 2.24) is 15.1 Å². The lowest BCUT2D eigenvalue weighted by Crippen LogP contribution is -2.44. The second kappa shape index (κ2) is 4.78. The largest absolute Gasteiger partial charge is 0.454 e. The molecule has 18 heavy (non-hydrogen) atoms. The molecular weight excluding hydrogens is 233 g/mol. The van der Waals surface area contributed by atoms with Gasteiger partial charge < -0.3 is 10.1 Å². The van der Waals surface area contributed by atoms with Gasteiger partial charge in [-0.3, -0.25) is 4.68 Å². The van der Waals surface area contributed by atoms with Crippen LogP contribution >= 0.6 is 0 Å². The van der Waals surface area contributed by atoms with Gasteiger partial charge in [-0.15, -0.1) is 0 Å². The minimum absolute atomic E-state index is 0.305. The minimum atomic E-state index is -0.305. The van der Waals surface area contributed by atoms with Crippen molar-refractivity contribution in [3.8, 4) is 11.5 Å². The Morgan fingerprint density at radius 2 is 2.28 bits per heavy atom. The molecule has 2 heterocycles. The van der Waals surface area contributed by atoms with E-state index in [1.807, 2.05) is 10.9 Å². The molecule has 1 aliphatic heterocycles. The van der Waals surface area contributed by atoms with Crippen LogP contribution in [0.15, 0.2) is 36.7 Å². The molecule has 1 aromatic carbocycles. The summed E-state index contributed by atoms with van der Waals surface area (Å²) in [6.45, 7) is 2.97. The molecule has 0 spiro atoms. The first-order valence-corrected chi connectivity index (χ1v) is 5.96. The Labute approximate surface area is 104 Å². The zero-order valence-corrected chi connectivity index (χ0v) is 9.84. The van der Waals surface area contributed by atoms with Gasteiger partial charge >= 0.3 is 0 Å². The molecule has 0 bridgehead atoms. The average Bonchev–Trinajstić information content (AvgIpc) is 2.71. The van der Waals surface area contributed by atoms with Gasteiger partial charge in [0.15, 0.2) is 5.75 Å². The van der Waals surface area contributed by atoms with Crippen molar-refractivity contribution >= 4 is 0 Å². The lowest BCUT2D eigenvalue weighted by atomic mass is 10.0. The Bertz CT molecular complexity index is 537. The van der Waals surface area contributed by atoms with Gasteiger partial charge in [0, 0.05) is 31.6 Å². The summed E-state index contributed by atoms with van der Waals surface area (Å²) < 4.78 is 20.4. The van der Waals surface area contributed by atoms with E-state index in [2.05, 4.69) is 10.4 Å². The van der Waals surface area contributed by atoms with E-state index in [-0.39, 0.29) is 5.82 Å². The molecule has 1 aromatic heterocycles. The van der Waals surface area contributed by atoms with Crippen LogP contribution < -0.4 is 10.1 Å². The number of hydrogen-bond acceptors (Lipinski definition) is 3. The van der Waals surface area contributed by atoms with Gasteiger partial charge in [0.25, 0.3) is 0 Å². The molecule has 1 fully saturated rings. The Morgan fingerprint density at radius 1 is 1.39 bits per heavy atom. The second-order valence-electron chi connectivity index (χ2n) is 4.48. The highest BCUT2D eigenvalue weighted by Crippen LogP contribution is 2.21. The lowest BCUT2D eigenvalue weighted by Gasteiger charge is -2.26. The lowest BCUT2D eigenvalue weighted by molar-refractivity contribution is 0.295. The number of nitrogens with zero attached hydrogens (tertiary/aromatic N) is 2. The predicted octanol–water partition coefficient (Wildman–Crippen LogP) is 2.03. The van der Waals surface area contributed by atoms with Crippen molar-refractivity contribution in [2.45, 2.75) is 6.54 Å². The summed E-state index contributed by atoms with van der Waals surface area (Å²) in [5.41, 5.74) is 0. The number of nitrogens with one attached hydrogen (secondary N) is 1. The van der Waals surface area contributed by atoms with Crippen LogP contribution in [0, 0.1) is 11.7 Å². The van der Waals surface area contributed by atoms with Crippen molar-refractivity contribution < 1.29 is 9.13 Å². The van der Waals surface area contributed by atoms with Crippen LogP contribution in [0.2, 0.25) is 0 Å². The quantitative estimate of drug-likeness (QED) is 0.898. The summed E-state index contributed by atoms with van der Waals surface area (Å²) in [5.74, 6) is 1.46. The SMILES string of the molecule is Fc1cccc(Oc2cnn(CC3CNC3)c2)c1. The van der Waals surface area contributed by atoms with Crippen LogP contribution in [-0.4, -0.2) is 22.9 Å². The molecule has 0 atom stereocenters. The molecule has 0 unspecified atom stereocenters. The van der Waals surface area contributed by atoms with Gasteiger partial charge in [0.1, 0.15) is 11.6 Å². The van der Waals surface area contributed by atoms with Crippen molar-refractivity contribution in [2.24, 2.45) is 5.92 Å². The Kier molecular flexibility index (Phi) is 2.98. The zero-order valence-electron chi connectivity index (χ0n) is 9.84. The molecular formula is C13H14FN3O. The topological polar surface area (TPSA) is 39.1 Å². The summed E-state index contributed by atoms with van der Waals surface area (Å²) in [5, 5.41) is 7.45. The zero-order chi connectivity index (χ0) is 12.4. The number of benzene rings is 1. The van der Waals surface area contributed by atoms with Gasteiger partial charge in [-0.2, -0.15) is 5.10 Å². The highest BCUT2D eigenvalue weighted by atomic mass is 19.1. The number of rotatable bonds is 4. The molecule has 0 amide bonds. The van der Waals surface area contributed by atoms with Crippen LogP contribution in [-0.2, 0) is 6.54 Å². The molecule has 3 rings (SSSR count). The second-order valence-corrected chi connectivity index (χ2v) is 4.48. The maximum atomic E-state index is 13.0. The van der Waals surface area contributed by atoms with Crippen LogP contribution in [0.5, 0.6) is 11.5 Å². The number of ether oxygens (including phenoxy) is 1. The van der Waals surface area contributed by atoms with Crippen LogP contribution in [0.1, 0.15) is 0 Å². The molecule has 1 N–H and O–H groups in total. The van der Waals surface area contributed by atoms with Crippen molar-refractivity contribution in [2.75, 3.05) is 13.1 Å². The average molecular weight is 247 g/mol. The monoisotopic (exact) mass is 247 g/mol. The molecule has 1 aliphatic rings. The van der Waals surface area contributed by atoms with E-state index in [1.165, 1.54) is 12.1 Å². The van der Waals surface area contributed by atoms with Gasteiger partial charge in [-0.1, -0.05) is 6.07 Å². The van der Waals surface area contributed by atoms with Gasteiger partial charge in [-0.25, -0.2) is 4.39 Å². The fraction of sp³-hybridized carbons (Fsp3) is 0.308. The van der Waals surface area contributed by atoms with Crippen molar-refractivity contribution in [3.05, 3.63) is 42.5 Å². The van der Waals surface area contributed by atoms with E-state index < -0.39 is 0 Å². The molecule has 0 radical (unpaired) electrons. The molecule has 1 saturated heterocycles. The minimum Gasteiger partial charge on any atom is -0.454 e. The molecule has 0 saturated carbocycles. The van der Waals surface area contributed by atoms with Gasteiger partial charge in [-0.05, 0) is 12.1 Å². The molecule has 0 aliphatic carbocycles. The Hall–Kier alpha value is -1.88. The fourth-order valence-corrected chi connectivity index (χ4v) is 1.91. The maximum absolute atomic E-state index is 13.0. The van der Waals surface area contributed by atoms with Gasteiger partial charge in [0.05, 0.1) is 12.4 Å². The van der Waals surface area contributed by atoms with Crippen LogP contribution in [0.3, 0.4) is 0 Å². The third-order valence-corrected chi connectivity index (χ3v) is 2.95. The summed E-state index contributed by atoms with van der Waals surface area (Å²) >= 11 is 0. The summed E-state index contributed by atoms with van der Waals surface area (Å²) in [4.78, 5) is 0. The number of hydrogen-bond donors (Lipinski definition) is 1. The molecule has 2 aromatic rings. The normalized spacial score (nSPS) is 15.4. The van der Waals surface area contributed by atoms with Crippen LogP contribution in [0.25, 0.3) is 0 Å². The molecule has 5 heteroatoms. The van der Waals surface area contributed by atoms with E-state index in [1.54, 1.807) is 18.3 Å². The highest BCUT2D eigenvalue weighted by molar-refractivity contribution is 5.28. The molecule has 94 valence electrons. The van der Waals surface area contributed by atoms with Crippen molar-refractivity contribution in [3.63, 3.8) is 0 Å². The van der Waals surface area contributed by atoms with E-state index in [4.69, 9.17) is 4.74 Å². The van der Waals surface area contributed by atoms with E-state index in [0.29, 0.717) is 17.4 Å². The fourth-order valence-electron chi connectivity index (χ4n) is 1.91. The number of halogens is 1. The van der Waals surface area contributed by atoms with Crippen LogP contribution in [0.4, 0.5) is 4.39 Å². The predicted molar refractivity (Wildman–Crippen MR) is 65.1 cm³/mol. The third kappa shape index (κ3) is 2.51. The first-order valence-electron chi connectivity index (χ1n) is 5.96. The Balaban J connectivity index is 1.65. The molecule has 4 nitrogen and oxygen atoms in total. The third-order valence-electron chi connectivity index (χ3n) is 2.95. The van der Waals surface area contributed by atoms with E-state index in [9.17, 15) is 4.39 Å². The van der Waals surface area contributed by atoms with Gasteiger partial charge in [0.2, 0.25) is 0 Å².